The van der Waals surface area contributed by atoms with Crippen LogP contribution in [0.15, 0.2) is 84.1 Å². The fourth-order valence-corrected chi connectivity index (χ4v) is 12.7. The number of hydrazone groups is 1. The Morgan fingerprint density at radius 1 is 0.917 bits per heavy atom. The molecule has 0 bridgehead atoms. The fraction of sp³-hybridized carbons (Fsp3) is 0.500. The Bertz CT molecular complexity index is 2620. The number of carbonyl (C=O) groups excluding carboxylic acids is 1. The van der Waals surface area contributed by atoms with Crippen LogP contribution in [0.25, 0.3) is 22.2 Å². The number of nitrogens with two attached hydrogens (primary N) is 1. The van der Waals surface area contributed by atoms with Gasteiger partial charge in [-0.25, -0.2) is 20.7 Å². The minimum absolute atomic E-state index is 0.0258. The number of aliphatic hydroxyl groups is 1. The van der Waals surface area contributed by atoms with Gasteiger partial charge in [0.15, 0.2) is 6.29 Å². The largest absolute Gasteiger partial charge is 0.383 e. The number of hydrazine groups is 1. The lowest BCUT2D eigenvalue weighted by Crippen LogP contribution is -2.58. The number of nitrogens with zero attached hydrogens (tertiary/aromatic N) is 8. The minimum atomic E-state index is -1.00. The molecule has 72 heavy (non-hydrogen) atoms. The number of amides is 1. The molecule has 3 saturated heterocycles. The highest BCUT2D eigenvalue weighted by Crippen LogP contribution is 2.40. The van der Waals surface area contributed by atoms with Gasteiger partial charge in [-0.2, -0.15) is 5.10 Å². The van der Waals surface area contributed by atoms with E-state index in [4.69, 9.17) is 16.0 Å². The second kappa shape index (κ2) is 25.2. The van der Waals surface area contributed by atoms with E-state index in [0.29, 0.717) is 38.2 Å². The molecular weight excluding hydrogens is 1040 g/mol. The topological polar surface area (TPSA) is 155 Å². The minimum Gasteiger partial charge on any atom is -0.383 e. The number of nitrogens with one attached hydrogen (secondary N) is 3. The van der Waals surface area contributed by atoms with Gasteiger partial charge in [0, 0.05) is 74.2 Å². The molecule has 2 aromatic heterocycles. The van der Waals surface area contributed by atoms with Gasteiger partial charge in [0.25, 0.3) is 5.91 Å². The molecule has 3 aromatic carbocycles. The summed E-state index contributed by atoms with van der Waals surface area (Å²) in [4.78, 5) is 32.3. The highest BCUT2D eigenvalue weighted by atomic mass is 127. The van der Waals surface area contributed by atoms with Crippen LogP contribution in [-0.2, 0) is 25.0 Å². The summed E-state index contributed by atoms with van der Waals surface area (Å²) in [5.41, 5.74) is 17.7. The molecule has 10 rings (SSSR count). The van der Waals surface area contributed by atoms with Crippen LogP contribution in [0.5, 0.6) is 0 Å². The number of fused-ring (bicyclic) bond motifs is 3. The number of piperidine rings is 2. The summed E-state index contributed by atoms with van der Waals surface area (Å²) >= 11 is 2.42. The number of piperazine rings is 1. The number of anilines is 2. The first-order valence-corrected chi connectivity index (χ1v) is 30.2. The summed E-state index contributed by atoms with van der Waals surface area (Å²) in [5.74, 6) is 6.55. The van der Waals surface area contributed by atoms with E-state index in [-0.39, 0.29) is 29.8 Å². The molecule has 4 unspecified atom stereocenters. The number of halogens is 2. The van der Waals surface area contributed by atoms with Gasteiger partial charge in [0.05, 0.1) is 25.2 Å². The Hall–Kier alpha value is -4.46. The molecule has 5 aromatic rings. The summed E-state index contributed by atoms with van der Waals surface area (Å²) in [5, 5.41) is 18.8. The van der Waals surface area contributed by atoms with Crippen molar-refractivity contribution in [1.82, 2.24) is 40.0 Å². The summed E-state index contributed by atoms with van der Waals surface area (Å²) < 4.78 is 19.8. The standard InChI is InChI=1S/C50H63FIN12O3P.2C2H6/c1-32(3-12-48(65)67-53)56-39-9-10-42(44(51)26-39)35-16-21-61(22-17-35)30-46-57-58-47-31-62(23-24-63(46)47)50(66)36-6-4-33(5-7-36)34-14-19-60(20-15-34)29-40-27-43-41(13-18-54-49(43)59(40)2)37-8-11-45-38(25-37)28-55-64(45)68-52;2*1-2/h4-11,13,18,25-27,32,34-35,47-48,55-56,58,65,68H,3,12,14-17,19-24,28-31,53H2,1-2H3;2*1-2H3. The predicted octanol–water partition coefficient (Wildman–Crippen LogP) is 9.25. The average Bonchev–Trinajstić information content (AvgIpc) is 4.13. The van der Waals surface area contributed by atoms with E-state index in [2.05, 4.69) is 117 Å². The lowest BCUT2D eigenvalue weighted by molar-refractivity contribution is -0.107. The van der Waals surface area contributed by atoms with Crippen LogP contribution in [0, 0.1) is 5.82 Å². The van der Waals surface area contributed by atoms with Crippen molar-refractivity contribution in [2.24, 2.45) is 18.0 Å². The highest BCUT2D eigenvalue weighted by Gasteiger charge is 2.37. The molecule has 0 saturated carbocycles. The number of hydrogen-bond acceptors (Lipinski definition) is 13. The number of aliphatic hydroxyl groups excluding tert-OH is 1. The Labute approximate surface area is 440 Å². The van der Waals surface area contributed by atoms with Crippen LogP contribution in [0.3, 0.4) is 0 Å². The maximum atomic E-state index is 15.3. The van der Waals surface area contributed by atoms with Gasteiger partial charge < -0.3 is 24.8 Å². The van der Waals surface area contributed by atoms with Gasteiger partial charge in [-0.15, -0.1) is 0 Å². The molecule has 7 heterocycles. The smallest absolute Gasteiger partial charge is 0.254 e. The molecule has 0 radical (unpaired) electrons. The zero-order valence-corrected chi connectivity index (χ0v) is 46.0. The fourth-order valence-electron chi connectivity index (χ4n) is 10.9. The normalized spacial score (nSPS) is 19.6. The average molecular weight is 1120 g/mol. The van der Waals surface area contributed by atoms with E-state index < -0.39 is 6.29 Å². The number of pyridine rings is 1. The number of amidine groups is 1. The van der Waals surface area contributed by atoms with Crippen molar-refractivity contribution < 1.29 is 19.1 Å². The molecule has 4 atom stereocenters. The number of benzene rings is 3. The van der Waals surface area contributed by atoms with Crippen molar-refractivity contribution in [2.45, 2.75) is 117 Å². The van der Waals surface area contributed by atoms with Crippen molar-refractivity contribution >= 4 is 62.6 Å². The predicted molar refractivity (Wildman–Crippen MR) is 300 cm³/mol. The molecular formula is C54H75FIN12O3P. The van der Waals surface area contributed by atoms with Crippen LogP contribution in [0.4, 0.5) is 15.8 Å². The lowest BCUT2D eigenvalue weighted by atomic mass is 9.89. The van der Waals surface area contributed by atoms with Crippen molar-refractivity contribution in [3.05, 3.63) is 113 Å². The number of likely N-dealkylation sites (tertiary alicyclic amines) is 2. The molecule has 5 aliphatic heterocycles. The monoisotopic (exact) mass is 1120 g/mol. The molecule has 388 valence electrons. The lowest BCUT2D eigenvalue weighted by Gasteiger charge is -2.40. The van der Waals surface area contributed by atoms with E-state index >= 15 is 4.39 Å². The van der Waals surface area contributed by atoms with Crippen molar-refractivity contribution in [3.63, 3.8) is 0 Å². The Morgan fingerprint density at radius 3 is 2.35 bits per heavy atom. The third kappa shape index (κ3) is 12.2. The van der Waals surface area contributed by atoms with E-state index in [1.807, 2.05) is 70.0 Å². The number of aryl methyl sites for hydroxylation is 1. The Balaban J connectivity index is 0.00000169. The second-order valence-corrected chi connectivity index (χ2v) is 21.2. The number of carbonyl (C=O) groups is 1. The van der Waals surface area contributed by atoms with Crippen LogP contribution in [0.1, 0.15) is 118 Å². The van der Waals surface area contributed by atoms with E-state index in [1.54, 1.807) is 6.07 Å². The molecule has 18 heteroatoms. The number of aromatic nitrogens is 2. The van der Waals surface area contributed by atoms with Crippen LogP contribution >= 0.6 is 28.4 Å². The van der Waals surface area contributed by atoms with E-state index in [9.17, 15) is 9.90 Å². The van der Waals surface area contributed by atoms with Gasteiger partial charge >= 0.3 is 0 Å². The SMILES string of the molecule is CC.CC.CC(CCC(O)ON)Nc1ccc(C2CCN(CC3=NNC4CN(C(=O)c5ccc(C6CCN(Cc7cc8c(-c9ccc%10c(c9)CNN%10PI)ccnc8n7C)CC6)cc5)CCN34)CC2)c(F)c1. The number of hydrogen-bond donors (Lipinski definition) is 5. The van der Waals surface area contributed by atoms with Crippen LogP contribution < -0.4 is 26.8 Å². The maximum Gasteiger partial charge on any atom is 0.254 e. The summed E-state index contributed by atoms with van der Waals surface area (Å²) in [7, 11) is 2.14. The highest BCUT2D eigenvalue weighted by molar-refractivity contribution is 14.2. The van der Waals surface area contributed by atoms with Crippen molar-refractivity contribution in [3.8, 4) is 11.1 Å². The third-order valence-electron chi connectivity index (χ3n) is 14.9. The first-order valence-electron chi connectivity index (χ1n) is 26.1. The molecule has 0 spiro atoms. The summed E-state index contributed by atoms with van der Waals surface area (Å²) in [6.45, 7) is 18.2. The van der Waals surface area contributed by atoms with Crippen molar-refractivity contribution in [2.75, 3.05) is 62.5 Å². The molecule has 1 amide bonds. The summed E-state index contributed by atoms with van der Waals surface area (Å²) in [6.07, 6.45) is 6.49. The first kappa shape index (κ1) is 53.8. The number of rotatable bonds is 15. The zero-order valence-electron chi connectivity index (χ0n) is 42.9. The Kier molecular flexibility index (Phi) is 18.8. The van der Waals surface area contributed by atoms with E-state index in [0.717, 1.165) is 106 Å². The maximum absolute atomic E-state index is 15.3. The van der Waals surface area contributed by atoms with Crippen LogP contribution in [-0.4, -0.2) is 117 Å². The third-order valence-corrected chi connectivity index (χ3v) is 16.9. The van der Waals surface area contributed by atoms with Gasteiger partial charge in [0.2, 0.25) is 0 Å². The zero-order chi connectivity index (χ0) is 50.9. The van der Waals surface area contributed by atoms with Gasteiger partial charge in [-0.05, 0) is 175 Å². The van der Waals surface area contributed by atoms with Crippen molar-refractivity contribution in [1.29, 1.82) is 0 Å². The van der Waals surface area contributed by atoms with Gasteiger partial charge in [-0.3, -0.25) is 29.6 Å². The van der Waals surface area contributed by atoms with Gasteiger partial charge in [-0.1, -0.05) is 52.0 Å². The molecule has 6 N–H and O–H groups in total. The quantitative estimate of drug-likeness (QED) is 0.0294. The first-order chi connectivity index (χ1) is 35.1. The van der Waals surface area contributed by atoms with Gasteiger partial charge in [0.1, 0.15) is 23.5 Å². The molecule has 15 nitrogen and oxygen atoms in total. The second-order valence-electron chi connectivity index (χ2n) is 19.2. The van der Waals surface area contributed by atoms with E-state index in [1.165, 1.54) is 39.0 Å². The Morgan fingerprint density at radius 2 is 1.64 bits per heavy atom. The molecule has 5 aliphatic rings. The molecule has 0 aliphatic carbocycles. The summed E-state index contributed by atoms with van der Waals surface area (Å²) in [6, 6.07) is 25.1. The van der Waals surface area contributed by atoms with Crippen LogP contribution in [0.2, 0.25) is 0 Å². The molecule has 3 fully saturated rings.